The monoisotopic (exact) mass is 542 g/mol. The van der Waals surface area contributed by atoms with Crippen LogP contribution in [0.2, 0.25) is 0 Å². The molecule has 0 spiro atoms. The normalized spacial score (nSPS) is 14.7. The summed E-state index contributed by atoms with van der Waals surface area (Å²) in [6, 6.07) is 49.9. The number of anilines is 1. The topological polar surface area (TPSA) is 58.3 Å². The zero-order chi connectivity index (χ0) is 27.9. The van der Waals surface area contributed by atoms with Crippen LogP contribution in [-0.4, -0.2) is 20.4 Å². The molecular weight excluding hydrogens is 516 g/mol. The van der Waals surface area contributed by atoms with Gasteiger partial charge in [-0.2, -0.15) is 5.10 Å². The van der Waals surface area contributed by atoms with Gasteiger partial charge in [-0.3, -0.25) is 10.3 Å². The van der Waals surface area contributed by atoms with Crippen LogP contribution < -0.4 is 10.3 Å². The number of aromatic nitrogens is 3. The highest BCUT2D eigenvalue weighted by Crippen LogP contribution is 2.36. The van der Waals surface area contributed by atoms with Gasteiger partial charge in [0.25, 0.3) is 0 Å². The molecule has 0 amide bonds. The molecule has 1 unspecified atom stereocenters. The van der Waals surface area contributed by atoms with Gasteiger partial charge < -0.3 is 4.57 Å². The lowest BCUT2D eigenvalue weighted by molar-refractivity contribution is 0.480. The van der Waals surface area contributed by atoms with Crippen molar-refractivity contribution < 1.29 is 0 Å². The van der Waals surface area contributed by atoms with E-state index >= 15 is 0 Å². The van der Waals surface area contributed by atoms with Gasteiger partial charge in [-0.15, -0.1) is 0 Å². The van der Waals surface area contributed by atoms with Crippen molar-refractivity contribution in [2.75, 3.05) is 4.90 Å². The maximum atomic E-state index is 5.09. The Hall–Kier alpha value is -5.75. The van der Waals surface area contributed by atoms with Gasteiger partial charge in [-0.1, -0.05) is 115 Å². The molecule has 0 saturated heterocycles. The summed E-state index contributed by atoms with van der Waals surface area (Å²) < 4.78 is 2.31. The zero-order valence-corrected chi connectivity index (χ0v) is 22.7. The Morgan fingerprint density at radius 2 is 1.00 bits per heavy atom. The minimum absolute atomic E-state index is 0.337. The van der Waals surface area contributed by atoms with Crippen molar-refractivity contribution in [3.8, 4) is 22.5 Å². The first kappa shape index (κ1) is 24.1. The molecule has 5 aromatic carbocycles. The third-order valence-electron chi connectivity index (χ3n) is 7.72. The largest absolute Gasteiger partial charge is 0.301 e. The number of hydrogen-bond acceptors (Lipinski definition) is 5. The molecule has 0 bridgehead atoms. The van der Waals surface area contributed by atoms with E-state index in [9.17, 15) is 0 Å². The summed E-state index contributed by atoms with van der Waals surface area (Å²) >= 11 is 0. The van der Waals surface area contributed by atoms with E-state index in [2.05, 4.69) is 106 Å². The number of para-hydroxylation sites is 3. The van der Waals surface area contributed by atoms with E-state index in [1.165, 1.54) is 10.8 Å². The van der Waals surface area contributed by atoms with Gasteiger partial charge >= 0.3 is 0 Å². The fraction of sp³-hybridized carbons (Fsp3) is 0.0278. The van der Waals surface area contributed by atoms with Crippen molar-refractivity contribution in [3.63, 3.8) is 0 Å². The number of fused-ring (bicyclic) bond motifs is 3. The average Bonchev–Trinajstić information content (AvgIpc) is 3.65. The van der Waals surface area contributed by atoms with Crippen molar-refractivity contribution in [2.45, 2.75) is 6.29 Å². The lowest BCUT2D eigenvalue weighted by atomic mass is 10.1. The minimum atomic E-state index is -0.337. The number of nitrogens with zero attached hydrogens (tertiary/aromatic N) is 5. The van der Waals surface area contributed by atoms with E-state index in [1.54, 1.807) is 0 Å². The number of nitrogens with one attached hydrogen (secondary N) is 1. The molecule has 1 N–H and O–H groups in total. The number of hydrogen-bond donors (Lipinski definition) is 1. The summed E-state index contributed by atoms with van der Waals surface area (Å²) in [6.45, 7) is 0. The van der Waals surface area contributed by atoms with Crippen molar-refractivity contribution in [2.24, 2.45) is 5.10 Å². The summed E-state index contributed by atoms with van der Waals surface area (Å²) in [6.07, 6.45) is -0.337. The fourth-order valence-corrected chi connectivity index (χ4v) is 5.81. The van der Waals surface area contributed by atoms with Crippen molar-refractivity contribution >= 4 is 33.3 Å². The van der Waals surface area contributed by atoms with Gasteiger partial charge in [-0.05, 0) is 30.3 Å². The first-order valence-electron chi connectivity index (χ1n) is 14.0. The van der Waals surface area contributed by atoms with Crippen LogP contribution in [0.5, 0.6) is 0 Å². The van der Waals surface area contributed by atoms with Crippen molar-refractivity contribution in [1.29, 1.82) is 0 Å². The SMILES string of the molecule is c1ccc(-c2cc(-c3ccccc3)nc(C3=NNC(n4c5ccccc5c5ccccc54)N3c3ccccc3)n2)cc1. The Morgan fingerprint density at radius 3 is 1.55 bits per heavy atom. The van der Waals surface area contributed by atoms with Gasteiger partial charge in [-0.25, -0.2) is 9.97 Å². The van der Waals surface area contributed by atoms with Gasteiger partial charge in [0.15, 0.2) is 5.82 Å². The van der Waals surface area contributed by atoms with Gasteiger partial charge in [0.2, 0.25) is 12.1 Å². The summed E-state index contributed by atoms with van der Waals surface area (Å²) in [4.78, 5) is 12.4. The molecule has 0 radical (unpaired) electrons. The smallest absolute Gasteiger partial charge is 0.203 e. The molecule has 1 aliphatic rings. The Labute approximate surface area is 243 Å². The molecule has 3 heterocycles. The third kappa shape index (κ3) is 4.00. The highest BCUT2D eigenvalue weighted by molar-refractivity contribution is 6.11. The van der Waals surface area contributed by atoms with Crippen LogP contribution in [0.1, 0.15) is 12.1 Å². The van der Waals surface area contributed by atoms with E-state index in [4.69, 9.17) is 15.1 Å². The average molecular weight is 543 g/mol. The first-order chi connectivity index (χ1) is 20.8. The molecule has 1 atom stereocenters. The summed E-state index contributed by atoms with van der Waals surface area (Å²) in [5.41, 5.74) is 10.4. The van der Waals surface area contributed by atoms with E-state index < -0.39 is 0 Å². The van der Waals surface area contributed by atoms with Crippen LogP contribution in [0, 0.1) is 0 Å². The zero-order valence-electron chi connectivity index (χ0n) is 22.7. The fourth-order valence-electron chi connectivity index (χ4n) is 5.81. The molecule has 0 fully saturated rings. The quantitative estimate of drug-likeness (QED) is 0.241. The van der Waals surface area contributed by atoms with Crippen LogP contribution in [0.4, 0.5) is 5.69 Å². The van der Waals surface area contributed by atoms with E-state index in [0.717, 1.165) is 39.2 Å². The minimum Gasteiger partial charge on any atom is -0.301 e. The van der Waals surface area contributed by atoms with Crippen molar-refractivity contribution in [3.05, 3.63) is 151 Å². The lowest BCUT2D eigenvalue weighted by Crippen LogP contribution is -2.38. The highest BCUT2D eigenvalue weighted by atomic mass is 15.6. The van der Waals surface area contributed by atoms with E-state index in [1.807, 2.05) is 54.6 Å². The molecule has 0 saturated carbocycles. The van der Waals surface area contributed by atoms with Crippen LogP contribution in [0.15, 0.2) is 151 Å². The van der Waals surface area contributed by atoms with Crippen LogP contribution in [0.3, 0.4) is 0 Å². The predicted octanol–water partition coefficient (Wildman–Crippen LogP) is 7.85. The molecule has 8 rings (SSSR count). The predicted molar refractivity (Wildman–Crippen MR) is 170 cm³/mol. The second-order valence-electron chi connectivity index (χ2n) is 10.2. The molecule has 0 aliphatic carbocycles. The lowest BCUT2D eigenvalue weighted by Gasteiger charge is -2.29. The molecular formula is C36H26N6. The Morgan fingerprint density at radius 1 is 0.524 bits per heavy atom. The Bertz CT molecular complexity index is 1960. The maximum Gasteiger partial charge on any atom is 0.203 e. The molecule has 200 valence electrons. The van der Waals surface area contributed by atoms with Crippen molar-refractivity contribution in [1.82, 2.24) is 20.0 Å². The number of hydrazone groups is 1. The van der Waals surface area contributed by atoms with Crippen LogP contribution in [0.25, 0.3) is 44.3 Å². The summed E-state index contributed by atoms with van der Waals surface area (Å²) in [7, 11) is 0. The summed E-state index contributed by atoms with van der Waals surface area (Å²) in [5, 5.41) is 7.33. The van der Waals surface area contributed by atoms with E-state index in [-0.39, 0.29) is 6.29 Å². The Kier molecular flexibility index (Phi) is 5.74. The molecule has 7 aromatic rings. The number of amidine groups is 1. The first-order valence-corrected chi connectivity index (χ1v) is 14.0. The number of benzene rings is 5. The highest BCUT2D eigenvalue weighted by Gasteiger charge is 2.35. The van der Waals surface area contributed by atoms with Gasteiger partial charge in [0.1, 0.15) is 0 Å². The standard InChI is InChI=1S/C36H26N6/c1-4-14-25(15-5-1)30-24-31(26-16-6-2-7-17-26)38-34(37-30)35-39-40-36(41(35)27-18-8-3-9-19-27)42-32-22-12-10-20-28(32)29-21-11-13-23-33(29)42/h1-24,36,40H. The molecule has 2 aromatic heterocycles. The number of rotatable bonds is 5. The third-order valence-corrected chi connectivity index (χ3v) is 7.72. The Balaban J connectivity index is 1.34. The molecule has 1 aliphatic heterocycles. The summed E-state index contributed by atoms with van der Waals surface area (Å²) in [5.74, 6) is 1.21. The van der Waals surface area contributed by atoms with Gasteiger partial charge in [0, 0.05) is 27.6 Å². The van der Waals surface area contributed by atoms with Crippen LogP contribution in [-0.2, 0) is 0 Å². The van der Waals surface area contributed by atoms with Crippen LogP contribution >= 0.6 is 0 Å². The molecule has 42 heavy (non-hydrogen) atoms. The molecule has 6 heteroatoms. The molecule has 6 nitrogen and oxygen atoms in total. The van der Waals surface area contributed by atoms with Gasteiger partial charge in [0.05, 0.1) is 22.4 Å². The second-order valence-corrected chi connectivity index (χ2v) is 10.2. The maximum absolute atomic E-state index is 5.09. The second kappa shape index (κ2) is 10.0. The van der Waals surface area contributed by atoms with E-state index in [0.29, 0.717) is 11.7 Å².